The number of rotatable bonds is 5. The van der Waals surface area contributed by atoms with Crippen LogP contribution in [0.2, 0.25) is 5.02 Å². The fourth-order valence-electron chi connectivity index (χ4n) is 4.20. The predicted octanol–water partition coefficient (Wildman–Crippen LogP) is 3.23. The average molecular weight is 470 g/mol. The Morgan fingerprint density at radius 1 is 1.15 bits per heavy atom. The van der Waals surface area contributed by atoms with Gasteiger partial charge in [0.15, 0.2) is 5.65 Å². The van der Waals surface area contributed by atoms with Crippen LogP contribution in [0, 0.1) is 0 Å². The third-order valence-electron chi connectivity index (χ3n) is 5.98. The zero-order valence-electron chi connectivity index (χ0n) is 19.1. The maximum atomic E-state index is 13.6. The Bertz CT molecular complexity index is 1310. The number of hydrogen-bond donors (Lipinski definition) is 1. The van der Waals surface area contributed by atoms with Gasteiger partial charge in [0.1, 0.15) is 0 Å². The van der Waals surface area contributed by atoms with Crippen molar-refractivity contribution < 1.29 is 4.79 Å². The SMILES string of the molecule is CCCn1c(=O)[nH]c(=O)c2c(C(=O)N3CCN(c4cccc(Cl)c4)CC3)cc(C(C)C)nc21. The van der Waals surface area contributed by atoms with Crippen molar-refractivity contribution in [2.45, 2.75) is 39.7 Å². The Morgan fingerprint density at radius 2 is 1.88 bits per heavy atom. The highest BCUT2D eigenvalue weighted by Gasteiger charge is 2.27. The molecule has 3 aromatic rings. The van der Waals surface area contributed by atoms with Gasteiger partial charge in [0, 0.05) is 49.1 Å². The second-order valence-corrected chi connectivity index (χ2v) is 9.05. The molecule has 9 heteroatoms. The number of benzene rings is 1. The summed E-state index contributed by atoms with van der Waals surface area (Å²) in [5.74, 6) is -0.188. The number of anilines is 1. The molecule has 1 amide bonds. The van der Waals surface area contributed by atoms with Crippen LogP contribution in [0.5, 0.6) is 0 Å². The van der Waals surface area contributed by atoms with E-state index in [0.717, 1.165) is 5.69 Å². The number of piperazine rings is 1. The molecular weight excluding hydrogens is 442 g/mol. The minimum atomic E-state index is -0.578. The van der Waals surface area contributed by atoms with E-state index < -0.39 is 11.2 Å². The molecule has 1 saturated heterocycles. The summed E-state index contributed by atoms with van der Waals surface area (Å²) in [7, 11) is 0. The molecule has 4 rings (SSSR count). The lowest BCUT2D eigenvalue weighted by Crippen LogP contribution is -2.49. The van der Waals surface area contributed by atoms with Crippen LogP contribution >= 0.6 is 11.6 Å². The number of aromatic nitrogens is 3. The summed E-state index contributed by atoms with van der Waals surface area (Å²) in [5, 5.41) is 0.850. The number of carbonyl (C=O) groups is 1. The molecule has 1 aliphatic heterocycles. The minimum absolute atomic E-state index is 0.0325. The standard InChI is InChI=1S/C24H28ClN5O3/c1-4-8-30-21-20(22(31)27-24(30)33)18(14-19(26-21)15(2)3)23(32)29-11-9-28(10-12-29)17-7-5-6-16(25)13-17/h5-7,13-15H,4,8-12H2,1-3H3,(H,27,31,33). The highest BCUT2D eigenvalue weighted by Crippen LogP contribution is 2.24. The molecule has 1 aliphatic rings. The van der Waals surface area contributed by atoms with Crippen molar-refractivity contribution >= 4 is 34.2 Å². The molecule has 8 nitrogen and oxygen atoms in total. The summed E-state index contributed by atoms with van der Waals surface area (Å²) in [4.78, 5) is 49.8. The number of hydrogen-bond acceptors (Lipinski definition) is 5. The summed E-state index contributed by atoms with van der Waals surface area (Å²) >= 11 is 6.13. The van der Waals surface area contributed by atoms with E-state index in [1.54, 1.807) is 11.0 Å². The molecule has 1 fully saturated rings. The molecule has 3 heterocycles. The molecule has 33 heavy (non-hydrogen) atoms. The Balaban J connectivity index is 1.72. The lowest BCUT2D eigenvalue weighted by atomic mass is 10.0. The quantitative estimate of drug-likeness (QED) is 0.619. The number of amides is 1. The molecule has 2 aromatic heterocycles. The number of nitrogens with zero attached hydrogens (tertiary/aromatic N) is 4. The Labute approximate surface area is 196 Å². The normalized spacial score (nSPS) is 14.3. The van der Waals surface area contributed by atoms with Crippen molar-refractivity contribution in [1.82, 2.24) is 19.4 Å². The molecule has 0 radical (unpaired) electrons. The van der Waals surface area contributed by atoms with Crippen LogP contribution in [0.15, 0.2) is 39.9 Å². The minimum Gasteiger partial charge on any atom is -0.368 e. The van der Waals surface area contributed by atoms with E-state index in [1.807, 2.05) is 45.0 Å². The highest BCUT2D eigenvalue weighted by atomic mass is 35.5. The van der Waals surface area contributed by atoms with Gasteiger partial charge >= 0.3 is 5.69 Å². The lowest BCUT2D eigenvalue weighted by molar-refractivity contribution is 0.0748. The molecule has 0 atom stereocenters. The summed E-state index contributed by atoms with van der Waals surface area (Å²) in [6.07, 6.45) is 0.698. The van der Waals surface area contributed by atoms with E-state index in [1.165, 1.54) is 4.57 Å². The second kappa shape index (κ2) is 9.39. The number of carbonyl (C=O) groups excluding carboxylic acids is 1. The third-order valence-corrected chi connectivity index (χ3v) is 6.21. The third kappa shape index (κ3) is 4.53. The van der Waals surface area contributed by atoms with Crippen LogP contribution in [-0.2, 0) is 6.54 Å². The van der Waals surface area contributed by atoms with E-state index in [2.05, 4.69) is 14.9 Å². The van der Waals surface area contributed by atoms with Crippen LogP contribution in [0.25, 0.3) is 11.0 Å². The van der Waals surface area contributed by atoms with Crippen molar-refractivity contribution in [1.29, 1.82) is 0 Å². The number of nitrogens with one attached hydrogen (secondary N) is 1. The summed E-state index contributed by atoms with van der Waals surface area (Å²) in [5.41, 5.74) is 1.19. The molecule has 0 bridgehead atoms. The molecule has 0 aliphatic carbocycles. The number of fused-ring (bicyclic) bond motifs is 1. The first-order valence-corrected chi connectivity index (χ1v) is 11.7. The molecule has 0 saturated carbocycles. The highest BCUT2D eigenvalue weighted by molar-refractivity contribution is 6.30. The van der Waals surface area contributed by atoms with Crippen LogP contribution in [-0.4, -0.2) is 51.5 Å². The van der Waals surface area contributed by atoms with Gasteiger partial charge < -0.3 is 9.80 Å². The number of halogens is 1. The predicted molar refractivity (Wildman–Crippen MR) is 131 cm³/mol. The number of H-pyrrole nitrogens is 1. The van der Waals surface area contributed by atoms with Gasteiger partial charge in [0.25, 0.3) is 11.5 Å². The van der Waals surface area contributed by atoms with E-state index in [0.29, 0.717) is 55.4 Å². The van der Waals surface area contributed by atoms with Gasteiger partial charge in [-0.2, -0.15) is 0 Å². The van der Waals surface area contributed by atoms with Crippen molar-refractivity contribution in [3.63, 3.8) is 0 Å². The first-order chi connectivity index (χ1) is 15.8. The van der Waals surface area contributed by atoms with E-state index >= 15 is 0 Å². The summed E-state index contributed by atoms with van der Waals surface area (Å²) in [6, 6.07) is 9.36. The van der Waals surface area contributed by atoms with Gasteiger partial charge in [-0.15, -0.1) is 0 Å². The zero-order valence-corrected chi connectivity index (χ0v) is 19.9. The first kappa shape index (κ1) is 23.0. The zero-order chi connectivity index (χ0) is 23.7. The van der Waals surface area contributed by atoms with Gasteiger partial charge in [0.2, 0.25) is 0 Å². The number of aromatic amines is 1. The second-order valence-electron chi connectivity index (χ2n) is 8.62. The molecular formula is C24H28ClN5O3. The monoisotopic (exact) mass is 469 g/mol. The summed E-state index contributed by atoms with van der Waals surface area (Å²) < 4.78 is 1.45. The van der Waals surface area contributed by atoms with Crippen molar-refractivity contribution in [3.8, 4) is 0 Å². The van der Waals surface area contributed by atoms with Gasteiger partial charge in [-0.25, -0.2) is 9.78 Å². The number of aryl methyl sites for hydroxylation is 1. The van der Waals surface area contributed by atoms with E-state index in [-0.39, 0.29) is 22.9 Å². The average Bonchev–Trinajstić information content (AvgIpc) is 2.80. The molecule has 1 N–H and O–H groups in total. The van der Waals surface area contributed by atoms with Crippen LogP contribution in [0.4, 0.5) is 5.69 Å². The molecule has 1 aromatic carbocycles. The lowest BCUT2D eigenvalue weighted by Gasteiger charge is -2.36. The van der Waals surface area contributed by atoms with Crippen LogP contribution in [0.1, 0.15) is 49.2 Å². The Morgan fingerprint density at radius 3 is 2.52 bits per heavy atom. The fourth-order valence-corrected chi connectivity index (χ4v) is 4.38. The van der Waals surface area contributed by atoms with Gasteiger partial charge in [0.05, 0.1) is 10.9 Å². The fraction of sp³-hybridized carbons (Fsp3) is 0.417. The smallest absolute Gasteiger partial charge is 0.329 e. The maximum absolute atomic E-state index is 13.6. The Kier molecular flexibility index (Phi) is 6.56. The van der Waals surface area contributed by atoms with E-state index in [4.69, 9.17) is 11.6 Å². The van der Waals surface area contributed by atoms with E-state index in [9.17, 15) is 14.4 Å². The van der Waals surface area contributed by atoms with Crippen LogP contribution in [0.3, 0.4) is 0 Å². The van der Waals surface area contributed by atoms with Gasteiger partial charge in [-0.3, -0.25) is 19.1 Å². The largest absolute Gasteiger partial charge is 0.368 e. The van der Waals surface area contributed by atoms with Crippen molar-refractivity contribution in [2.24, 2.45) is 0 Å². The molecule has 174 valence electrons. The first-order valence-electron chi connectivity index (χ1n) is 11.3. The number of pyridine rings is 1. The topological polar surface area (TPSA) is 91.3 Å². The van der Waals surface area contributed by atoms with Crippen molar-refractivity contribution in [2.75, 3.05) is 31.1 Å². The van der Waals surface area contributed by atoms with Crippen molar-refractivity contribution in [3.05, 3.63) is 67.4 Å². The van der Waals surface area contributed by atoms with Gasteiger partial charge in [-0.05, 0) is 36.6 Å². The van der Waals surface area contributed by atoms with Gasteiger partial charge in [-0.1, -0.05) is 38.4 Å². The molecule has 0 unspecified atom stereocenters. The maximum Gasteiger partial charge on any atom is 0.329 e. The molecule has 0 spiro atoms. The summed E-state index contributed by atoms with van der Waals surface area (Å²) in [6.45, 7) is 8.64. The Hall–Kier alpha value is -3.13. The van der Waals surface area contributed by atoms with Crippen LogP contribution < -0.4 is 16.1 Å².